The second-order valence-corrected chi connectivity index (χ2v) is 4.82. The van der Waals surface area contributed by atoms with Crippen LogP contribution in [0, 0.1) is 0 Å². The smallest absolute Gasteiger partial charge is 0.128 e. The SMILES string of the molecule is NCCN(c1ccc(Br)cn1)C1CCC1. The highest BCUT2D eigenvalue weighted by molar-refractivity contribution is 9.10. The van der Waals surface area contributed by atoms with E-state index in [1.165, 1.54) is 19.3 Å². The molecule has 1 heterocycles. The van der Waals surface area contributed by atoms with Crippen molar-refractivity contribution in [3.8, 4) is 0 Å². The van der Waals surface area contributed by atoms with Crippen LogP contribution in [0.25, 0.3) is 0 Å². The molecule has 0 radical (unpaired) electrons. The summed E-state index contributed by atoms with van der Waals surface area (Å²) in [5, 5.41) is 0. The Hall–Kier alpha value is -0.610. The zero-order valence-electron chi connectivity index (χ0n) is 8.69. The molecule has 2 N–H and O–H groups in total. The summed E-state index contributed by atoms with van der Waals surface area (Å²) in [5.74, 6) is 1.05. The van der Waals surface area contributed by atoms with E-state index in [2.05, 4.69) is 31.9 Å². The van der Waals surface area contributed by atoms with Crippen LogP contribution in [0.2, 0.25) is 0 Å². The molecule has 0 bridgehead atoms. The van der Waals surface area contributed by atoms with Crippen molar-refractivity contribution in [1.29, 1.82) is 0 Å². The van der Waals surface area contributed by atoms with Crippen LogP contribution in [-0.4, -0.2) is 24.1 Å². The van der Waals surface area contributed by atoms with Gasteiger partial charge in [-0.25, -0.2) is 4.98 Å². The minimum absolute atomic E-state index is 0.655. The van der Waals surface area contributed by atoms with Crippen molar-refractivity contribution >= 4 is 21.7 Å². The quantitative estimate of drug-likeness (QED) is 0.911. The molecule has 82 valence electrons. The van der Waals surface area contributed by atoms with E-state index in [1.807, 2.05) is 12.3 Å². The lowest BCUT2D eigenvalue weighted by molar-refractivity contribution is 0.386. The first kappa shape index (κ1) is 10.9. The van der Waals surface area contributed by atoms with Crippen molar-refractivity contribution < 1.29 is 0 Å². The van der Waals surface area contributed by atoms with Gasteiger partial charge < -0.3 is 10.6 Å². The molecule has 0 atom stereocenters. The Labute approximate surface area is 98.8 Å². The molecule has 0 unspecified atom stereocenters. The second-order valence-electron chi connectivity index (χ2n) is 3.90. The predicted octanol–water partition coefficient (Wildman–Crippen LogP) is 2.16. The highest BCUT2D eigenvalue weighted by Crippen LogP contribution is 2.28. The van der Waals surface area contributed by atoms with Crippen molar-refractivity contribution in [2.75, 3.05) is 18.0 Å². The van der Waals surface area contributed by atoms with Crippen LogP contribution >= 0.6 is 15.9 Å². The van der Waals surface area contributed by atoms with Gasteiger partial charge in [0.05, 0.1) is 0 Å². The van der Waals surface area contributed by atoms with Crippen LogP contribution in [0.15, 0.2) is 22.8 Å². The van der Waals surface area contributed by atoms with E-state index in [1.54, 1.807) is 0 Å². The highest BCUT2D eigenvalue weighted by atomic mass is 79.9. The van der Waals surface area contributed by atoms with Gasteiger partial charge in [0.25, 0.3) is 0 Å². The average Bonchev–Trinajstić information content (AvgIpc) is 2.16. The molecule has 3 nitrogen and oxygen atoms in total. The number of anilines is 1. The Morgan fingerprint density at radius 1 is 1.47 bits per heavy atom. The van der Waals surface area contributed by atoms with Crippen molar-refractivity contribution in [1.82, 2.24) is 4.98 Å². The van der Waals surface area contributed by atoms with Gasteiger partial charge in [0.1, 0.15) is 5.82 Å². The zero-order valence-corrected chi connectivity index (χ0v) is 10.3. The fourth-order valence-electron chi connectivity index (χ4n) is 1.86. The van der Waals surface area contributed by atoms with Crippen LogP contribution in [0.1, 0.15) is 19.3 Å². The maximum absolute atomic E-state index is 5.63. The average molecular weight is 270 g/mol. The molecule has 1 aromatic heterocycles. The van der Waals surface area contributed by atoms with E-state index in [9.17, 15) is 0 Å². The van der Waals surface area contributed by atoms with Crippen LogP contribution in [0.3, 0.4) is 0 Å². The van der Waals surface area contributed by atoms with Crippen molar-refractivity contribution in [2.24, 2.45) is 5.73 Å². The first-order valence-corrected chi connectivity index (χ1v) is 6.19. The number of rotatable bonds is 4. The van der Waals surface area contributed by atoms with Crippen LogP contribution in [0.4, 0.5) is 5.82 Å². The van der Waals surface area contributed by atoms with Crippen molar-refractivity contribution in [3.63, 3.8) is 0 Å². The van der Waals surface area contributed by atoms with Gasteiger partial charge in [-0.1, -0.05) is 0 Å². The van der Waals surface area contributed by atoms with Crippen molar-refractivity contribution in [2.45, 2.75) is 25.3 Å². The summed E-state index contributed by atoms with van der Waals surface area (Å²) in [6.45, 7) is 1.59. The standard InChI is InChI=1S/C11H16BrN3/c12-9-4-5-11(14-8-9)15(7-6-13)10-2-1-3-10/h4-5,8,10H,1-3,6-7,13H2. The van der Waals surface area contributed by atoms with Gasteiger partial charge in [0.2, 0.25) is 0 Å². The van der Waals surface area contributed by atoms with Crippen molar-refractivity contribution in [3.05, 3.63) is 22.8 Å². The Bertz CT molecular complexity index is 308. The molecule has 0 aliphatic heterocycles. The molecule has 1 fully saturated rings. The zero-order chi connectivity index (χ0) is 10.7. The summed E-state index contributed by atoms with van der Waals surface area (Å²) in [4.78, 5) is 6.75. The molecule has 0 saturated heterocycles. The summed E-state index contributed by atoms with van der Waals surface area (Å²) in [5.41, 5.74) is 5.63. The van der Waals surface area contributed by atoms with Gasteiger partial charge in [-0.2, -0.15) is 0 Å². The monoisotopic (exact) mass is 269 g/mol. The van der Waals surface area contributed by atoms with Gasteiger partial charge in [-0.3, -0.25) is 0 Å². The second kappa shape index (κ2) is 4.94. The molecular formula is C11H16BrN3. The summed E-state index contributed by atoms with van der Waals surface area (Å²) in [6, 6.07) is 4.74. The molecule has 0 amide bonds. The number of aromatic nitrogens is 1. The number of hydrogen-bond acceptors (Lipinski definition) is 3. The maximum atomic E-state index is 5.63. The maximum Gasteiger partial charge on any atom is 0.128 e. The fourth-order valence-corrected chi connectivity index (χ4v) is 2.09. The molecule has 0 aromatic carbocycles. The van der Waals surface area contributed by atoms with Crippen LogP contribution in [-0.2, 0) is 0 Å². The van der Waals surface area contributed by atoms with E-state index < -0.39 is 0 Å². The Morgan fingerprint density at radius 3 is 2.73 bits per heavy atom. The third kappa shape index (κ3) is 2.49. The summed E-state index contributed by atoms with van der Waals surface area (Å²) in [7, 11) is 0. The molecular weight excluding hydrogens is 254 g/mol. The van der Waals surface area contributed by atoms with E-state index in [0.29, 0.717) is 12.6 Å². The van der Waals surface area contributed by atoms with Gasteiger partial charge in [-0.15, -0.1) is 0 Å². The van der Waals surface area contributed by atoms with Gasteiger partial charge >= 0.3 is 0 Å². The molecule has 1 saturated carbocycles. The van der Waals surface area contributed by atoms with Crippen LogP contribution in [0.5, 0.6) is 0 Å². The lowest BCUT2D eigenvalue weighted by Crippen LogP contribution is -2.43. The number of hydrogen-bond donors (Lipinski definition) is 1. The largest absolute Gasteiger partial charge is 0.352 e. The lowest BCUT2D eigenvalue weighted by Gasteiger charge is -2.38. The number of nitrogens with two attached hydrogens (primary N) is 1. The van der Waals surface area contributed by atoms with E-state index in [0.717, 1.165) is 16.8 Å². The fraction of sp³-hybridized carbons (Fsp3) is 0.545. The Balaban J connectivity index is 2.12. The lowest BCUT2D eigenvalue weighted by atomic mass is 9.91. The molecule has 1 aromatic rings. The van der Waals surface area contributed by atoms with E-state index in [-0.39, 0.29) is 0 Å². The molecule has 1 aliphatic carbocycles. The molecule has 1 aliphatic rings. The Morgan fingerprint density at radius 2 is 2.27 bits per heavy atom. The molecule has 2 rings (SSSR count). The predicted molar refractivity (Wildman–Crippen MR) is 66.0 cm³/mol. The van der Waals surface area contributed by atoms with Gasteiger partial charge in [0, 0.05) is 29.8 Å². The minimum atomic E-state index is 0.655. The third-order valence-corrected chi connectivity index (χ3v) is 3.36. The Kier molecular flexibility index (Phi) is 3.59. The van der Waals surface area contributed by atoms with E-state index >= 15 is 0 Å². The first-order chi connectivity index (χ1) is 7.31. The van der Waals surface area contributed by atoms with Gasteiger partial charge in [-0.05, 0) is 47.3 Å². The third-order valence-electron chi connectivity index (χ3n) is 2.89. The molecule has 4 heteroatoms. The summed E-state index contributed by atoms with van der Waals surface area (Å²) >= 11 is 3.40. The number of pyridine rings is 1. The molecule has 15 heavy (non-hydrogen) atoms. The number of halogens is 1. The van der Waals surface area contributed by atoms with E-state index in [4.69, 9.17) is 5.73 Å². The summed E-state index contributed by atoms with van der Waals surface area (Å²) in [6.07, 6.45) is 5.73. The van der Waals surface area contributed by atoms with Crippen LogP contribution < -0.4 is 10.6 Å². The highest BCUT2D eigenvalue weighted by Gasteiger charge is 2.25. The molecule has 0 spiro atoms. The number of nitrogens with zero attached hydrogens (tertiary/aromatic N) is 2. The minimum Gasteiger partial charge on any atom is -0.352 e. The normalized spacial score (nSPS) is 16.1. The first-order valence-electron chi connectivity index (χ1n) is 5.39. The van der Waals surface area contributed by atoms with Gasteiger partial charge in [0.15, 0.2) is 0 Å². The summed E-state index contributed by atoms with van der Waals surface area (Å²) < 4.78 is 1.02. The topological polar surface area (TPSA) is 42.1 Å².